The van der Waals surface area contributed by atoms with Crippen LogP contribution >= 0.6 is 0 Å². The zero-order valence-corrected chi connectivity index (χ0v) is 12.2. The van der Waals surface area contributed by atoms with Crippen molar-refractivity contribution >= 4 is 18.0 Å². The molecule has 0 spiro atoms. The second-order valence-electron chi connectivity index (χ2n) is 5.29. The number of hydrogen-bond donors (Lipinski definition) is 0. The first-order chi connectivity index (χ1) is 9.70. The molecule has 0 bridgehead atoms. The number of rotatable bonds is 2. The summed E-state index contributed by atoms with van der Waals surface area (Å²) in [6.07, 6.45) is -1.13. The molecule has 0 radical (unpaired) electrons. The molecule has 20 heavy (non-hydrogen) atoms. The maximum absolute atomic E-state index is 12.2. The molecule has 7 heteroatoms. The fourth-order valence-corrected chi connectivity index (χ4v) is 1.97. The molecule has 0 unspecified atom stereocenters. The number of methoxy groups -OCH3 is 1. The summed E-state index contributed by atoms with van der Waals surface area (Å²) in [6.45, 7) is 4.42. The summed E-state index contributed by atoms with van der Waals surface area (Å²) in [6, 6.07) is -0.853. The maximum atomic E-state index is 12.2. The lowest BCUT2D eigenvalue weighted by Gasteiger charge is -2.27. The van der Waals surface area contributed by atoms with E-state index >= 15 is 0 Å². The molecule has 0 N–H and O–H groups in total. The van der Waals surface area contributed by atoms with Gasteiger partial charge in [0.15, 0.2) is 0 Å². The van der Waals surface area contributed by atoms with Crippen LogP contribution in [-0.2, 0) is 23.8 Å². The van der Waals surface area contributed by atoms with Gasteiger partial charge in [-0.15, -0.1) is 0 Å². The van der Waals surface area contributed by atoms with Gasteiger partial charge in [0.25, 0.3) is 0 Å². The molecule has 1 rings (SSSR count). The maximum Gasteiger partial charge on any atom is 0.411 e. The Labute approximate surface area is 119 Å². The van der Waals surface area contributed by atoms with Crippen LogP contribution in [0.5, 0.6) is 0 Å². The lowest BCUT2D eigenvalue weighted by molar-refractivity contribution is -0.148. The minimum Gasteiger partial charge on any atom is -0.467 e. The molecule has 114 valence electrons. The highest BCUT2D eigenvalue weighted by Gasteiger charge is 2.43. The molecule has 1 heterocycles. The summed E-state index contributed by atoms with van der Waals surface area (Å²) in [5.74, 6) is -1.07. The minimum atomic E-state index is -0.961. The molecular weight excluding hydrogens is 266 g/mol. The zero-order chi connectivity index (χ0) is 16.2. The Bertz CT molecular complexity index is 425. The first kappa shape index (κ1) is 14.6. The molecule has 1 aliphatic heterocycles. The number of esters is 2. The van der Waals surface area contributed by atoms with Crippen molar-refractivity contribution in [3.05, 3.63) is 0 Å². The van der Waals surface area contributed by atoms with Gasteiger partial charge in [-0.3, -0.25) is 9.69 Å². The molecule has 0 aliphatic carbocycles. The fourth-order valence-electron chi connectivity index (χ4n) is 1.97. The number of hydrogen-bond acceptors (Lipinski definition) is 6. The largest absolute Gasteiger partial charge is 0.467 e. The number of carbonyl (C=O) groups is 3. The van der Waals surface area contributed by atoms with Gasteiger partial charge >= 0.3 is 18.0 Å². The average Bonchev–Trinajstić information content (AvgIpc) is 2.80. The second kappa shape index (κ2) is 6.11. The Balaban J connectivity index is 2.82. The van der Waals surface area contributed by atoms with Crippen molar-refractivity contribution in [1.29, 1.82) is 0 Å². The monoisotopic (exact) mass is 288 g/mol. The number of nitrogens with zero attached hydrogens (tertiary/aromatic N) is 1. The third-order valence-electron chi connectivity index (χ3n) is 2.67. The smallest absolute Gasteiger partial charge is 0.411 e. The van der Waals surface area contributed by atoms with Crippen molar-refractivity contribution in [1.82, 2.24) is 4.90 Å². The topological polar surface area (TPSA) is 82.1 Å². The third kappa shape index (κ3) is 4.40. The van der Waals surface area contributed by atoms with Crippen molar-refractivity contribution in [3.8, 4) is 0 Å². The highest BCUT2D eigenvalue weighted by molar-refractivity contribution is 5.82. The highest BCUT2D eigenvalue weighted by atomic mass is 16.6. The van der Waals surface area contributed by atoms with Crippen LogP contribution in [0.15, 0.2) is 0 Å². The van der Waals surface area contributed by atoms with Crippen molar-refractivity contribution in [2.75, 3.05) is 13.7 Å². The average molecular weight is 288 g/mol. The van der Waals surface area contributed by atoms with Gasteiger partial charge < -0.3 is 14.2 Å². The molecular formula is C13H21NO6. The summed E-state index contributed by atoms with van der Waals surface area (Å²) in [4.78, 5) is 36.1. The van der Waals surface area contributed by atoms with Crippen LogP contribution < -0.4 is 0 Å². The summed E-state index contributed by atoms with van der Waals surface area (Å²) in [5.41, 5.74) is -0.961. The molecule has 1 amide bonds. The van der Waals surface area contributed by atoms with Gasteiger partial charge in [-0.2, -0.15) is 0 Å². The van der Waals surface area contributed by atoms with Gasteiger partial charge in [-0.05, 0) is 20.7 Å². The Morgan fingerprint density at radius 2 is 2.00 bits per heavy atom. The van der Waals surface area contributed by atoms with Gasteiger partial charge in [-0.1, -0.05) is 0 Å². The van der Waals surface area contributed by atoms with Crippen LogP contribution in [0.4, 0.5) is 4.79 Å². The van der Waals surface area contributed by atoms with E-state index in [0.29, 0.717) is 0 Å². The predicted octanol–water partition coefficient (Wildman–Crippen LogP) is 1.10. The number of ether oxygens (including phenoxy) is 3. The predicted molar refractivity (Wildman–Crippen MR) is 68.9 cm³/mol. The zero-order valence-electron chi connectivity index (χ0n) is 13.2. The van der Waals surface area contributed by atoms with E-state index in [4.69, 9.17) is 10.8 Å². The fraction of sp³-hybridized carbons (Fsp3) is 0.769. The van der Waals surface area contributed by atoms with Crippen molar-refractivity contribution < 1.29 is 30.0 Å². The first-order valence-electron chi connectivity index (χ1n) is 6.94. The highest BCUT2D eigenvalue weighted by Crippen LogP contribution is 2.24. The molecule has 1 fully saturated rings. The van der Waals surface area contributed by atoms with Gasteiger partial charge in [0.2, 0.25) is 0 Å². The number of likely N-dealkylation sites (tertiary alicyclic amines) is 1. The normalized spacial score (nSPS) is 23.0. The first-order valence-corrected chi connectivity index (χ1v) is 6.24. The lowest BCUT2D eigenvalue weighted by atomic mass is 10.2. The van der Waals surface area contributed by atoms with Crippen LogP contribution in [0, 0.1) is 0 Å². The molecule has 1 aliphatic rings. The van der Waals surface area contributed by atoms with Gasteiger partial charge in [0.05, 0.1) is 13.7 Å². The number of carbonyl (C=O) groups excluding carboxylic acids is 3. The van der Waals surface area contributed by atoms with Crippen LogP contribution in [0.3, 0.4) is 0 Å². The van der Waals surface area contributed by atoms with Gasteiger partial charge in [-0.25, -0.2) is 9.59 Å². The Morgan fingerprint density at radius 3 is 2.50 bits per heavy atom. The minimum absolute atomic E-state index is 0.0618. The standard InChI is InChI=1S/C13H21NO6/c1-8(15)19-9-6-10(11(16)18-5)14(7-9)12(17)20-13(2,3)4/h9-10H,6-7H2,1-5H3/t9-,10+/m1/s1/i2D. The van der Waals surface area contributed by atoms with Crippen LogP contribution in [-0.4, -0.2) is 54.3 Å². The summed E-state index contributed by atoms with van der Waals surface area (Å²) < 4.78 is 22.2. The number of amides is 1. The van der Waals surface area contributed by atoms with Crippen molar-refractivity contribution in [2.45, 2.75) is 51.8 Å². The van der Waals surface area contributed by atoms with Crippen LogP contribution in [0.25, 0.3) is 0 Å². The SMILES string of the molecule is [2H]CC(C)(C)OC(=O)N1C[C@H](OC(C)=O)C[C@H]1C(=O)OC. The Morgan fingerprint density at radius 1 is 1.35 bits per heavy atom. The van der Waals surface area contributed by atoms with Gasteiger partial charge in [0.1, 0.15) is 17.7 Å². The van der Waals surface area contributed by atoms with E-state index in [-0.39, 0.29) is 19.9 Å². The van der Waals surface area contributed by atoms with E-state index < -0.39 is 35.8 Å². The molecule has 0 aromatic rings. The summed E-state index contributed by atoms with van der Waals surface area (Å²) in [7, 11) is 1.22. The van der Waals surface area contributed by atoms with Gasteiger partial charge in [0, 0.05) is 14.7 Å². The Kier molecular flexibility index (Phi) is 4.46. The van der Waals surface area contributed by atoms with Crippen molar-refractivity contribution in [2.24, 2.45) is 0 Å². The summed E-state index contributed by atoms with van der Waals surface area (Å²) in [5, 5.41) is 0. The second-order valence-corrected chi connectivity index (χ2v) is 5.29. The molecule has 1 saturated heterocycles. The Hall–Kier alpha value is -1.79. The van der Waals surface area contributed by atoms with Crippen molar-refractivity contribution in [3.63, 3.8) is 0 Å². The van der Waals surface area contributed by atoms with E-state index in [9.17, 15) is 14.4 Å². The molecule has 0 saturated carbocycles. The van der Waals surface area contributed by atoms with E-state index in [1.807, 2.05) is 0 Å². The summed E-state index contributed by atoms with van der Waals surface area (Å²) >= 11 is 0. The molecule has 7 nitrogen and oxygen atoms in total. The van der Waals surface area contributed by atoms with Crippen LogP contribution in [0.1, 0.15) is 35.5 Å². The third-order valence-corrected chi connectivity index (χ3v) is 2.67. The molecule has 0 aromatic heterocycles. The molecule has 2 atom stereocenters. The van der Waals surface area contributed by atoms with E-state index in [1.54, 1.807) is 13.8 Å². The lowest BCUT2D eigenvalue weighted by Crippen LogP contribution is -2.44. The quantitative estimate of drug-likeness (QED) is 0.559. The van der Waals surface area contributed by atoms with E-state index in [1.165, 1.54) is 18.9 Å². The van der Waals surface area contributed by atoms with E-state index in [0.717, 1.165) is 0 Å². The van der Waals surface area contributed by atoms with E-state index in [2.05, 4.69) is 4.74 Å². The molecule has 0 aromatic carbocycles. The van der Waals surface area contributed by atoms with Crippen LogP contribution in [0.2, 0.25) is 0 Å².